The summed E-state index contributed by atoms with van der Waals surface area (Å²) in [5.41, 5.74) is 3.74. The minimum Gasteiger partial charge on any atom is -0.495 e. The molecule has 1 amide bonds. The third-order valence-electron chi connectivity index (χ3n) is 5.42. The quantitative estimate of drug-likeness (QED) is 0.618. The van der Waals surface area contributed by atoms with Gasteiger partial charge >= 0.3 is 0 Å². The van der Waals surface area contributed by atoms with Crippen LogP contribution in [0.5, 0.6) is 17.2 Å². The normalized spacial score (nSPS) is 14.0. The van der Waals surface area contributed by atoms with Crippen LogP contribution in [-0.2, 0) is 11.3 Å². The van der Waals surface area contributed by atoms with Crippen LogP contribution in [0.25, 0.3) is 0 Å². The number of ether oxygens (including phenoxy) is 3. The lowest BCUT2D eigenvalue weighted by Gasteiger charge is -2.25. The Labute approximate surface area is 182 Å². The molecule has 31 heavy (non-hydrogen) atoms. The number of carbonyl (C=O) groups is 1. The number of aryl methyl sites for hydroxylation is 1. The van der Waals surface area contributed by atoms with Crippen molar-refractivity contribution in [2.75, 3.05) is 26.3 Å². The molecule has 0 bridgehead atoms. The predicted octanol–water partition coefficient (Wildman–Crippen LogP) is 3.13. The molecule has 1 heterocycles. The van der Waals surface area contributed by atoms with E-state index in [1.54, 1.807) is 7.11 Å². The summed E-state index contributed by atoms with van der Waals surface area (Å²) in [4.78, 5) is 14.5. The van der Waals surface area contributed by atoms with E-state index in [0.717, 1.165) is 33.1 Å². The second-order valence-corrected chi connectivity index (χ2v) is 7.75. The summed E-state index contributed by atoms with van der Waals surface area (Å²) in [5, 5.41) is 3.08. The Hall–Kier alpha value is -3.51. The highest BCUT2D eigenvalue weighted by molar-refractivity contribution is 5.96. The molecule has 4 rings (SSSR count). The highest BCUT2D eigenvalue weighted by Crippen LogP contribution is 2.32. The number of methoxy groups -OCH3 is 1. The lowest BCUT2D eigenvalue weighted by Crippen LogP contribution is -3.09. The molecule has 1 aliphatic rings. The first-order chi connectivity index (χ1) is 15.0. The molecule has 3 aromatic carbocycles. The molecule has 0 aromatic heterocycles. The van der Waals surface area contributed by atoms with Crippen molar-refractivity contribution in [3.63, 3.8) is 0 Å². The fourth-order valence-corrected chi connectivity index (χ4v) is 3.90. The Kier molecular flexibility index (Phi) is 6.09. The minimum atomic E-state index is -0.406. The third-order valence-corrected chi connectivity index (χ3v) is 5.42. The summed E-state index contributed by atoms with van der Waals surface area (Å²) in [6.45, 7) is 2.88. The largest absolute Gasteiger partial charge is 0.495 e. The zero-order chi connectivity index (χ0) is 21.8. The van der Waals surface area contributed by atoms with Gasteiger partial charge in [0.2, 0.25) is 6.79 Å². The van der Waals surface area contributed by atoms with E-state index in [1.165, 1.54) is 0 Å². The number of quaternary nitrogens is 1. The van der Waals surface area contributed by atoms with Gasteiger partial charge in [-0.1, -0.05) is 36.4 Å². The summed E-state index contributed by atoms with van der Waals surface area (Å²) >= 11 is 0. The summed E-state index contributed by atoms with van der Waals surface area (Å²) in [5.74, 6) is 2.05. The minimum absolute atomic E-state index is 0.0895. The number of likely N-dealkylation sites (N-methyl/N-ethyl adjacent to an activating group) is 1. The first-order valence-corrected chi connectivity index (χ1v) is 10.3. The Balaban J connectivity index is 1.60. The van der Waals surface area contributed by atoms with Gasteiger partial charge in [0.1, 0.15) is 12.3 Å². The van der Waals surface area contributed by atoms with E-state index in [-0.39, 0.29) is 12.7 Å². The summed E-state index contributed by atoms with van der Waals surface area (Å²) in [6.07, 6.45) is 0. The van der Waals surface area contributed by atoms with Gasteiger partial charge in [0.15, 0.2) is 17.5 Å². The third kappa shape index (κ3) is 4.64. The zero-order valence-electron chi connectivity index (χ0n) is 18.0. The average molecular weight is 420 g/mol. The van der Waals surface area contributed by atoms with E-state index in [1.807, 2.05) is 80.7 Å². The smallest absolute Gasteiger partial charge is 0.287 e. The molecule has 160 valence electrons. The topological polar surface area (TPSA) is 61.2 Å². The molecule has 2 N–H and O–H groups in total. The molecule has 0 aliphatic carbocycles. The molecular weight excluding hydrogens is 392 g/mol. The van der Waals surface area contributed by atoms with Crippen LogP contribution in [0.3, 0.4) is 0 Å². The fraction of sp³-hybridized carbons (Fsp3) is 0.240. The number of fused-ring (bicyclic) bond motifs is 1. The molecule has 6 heteroatoms. The van der Waals surface area contributed by atoms with Crippen molar-refractivity contribution < 1.29 is 23.9 Å². The van der Waals surface area contributed by atoms with Gasteiger partial charge < -0.3 is 24.4 Å². The Morgan fingerprint density at radius 3 is 2.61 bits per heavy atom. The number of amides is 1. The maximum absolute atomic E-state index is 13.5. The molecule has 0 saturated carbocycles. The summed E-state index contributed by atoms with van der Waals surface area (Å²) < 4.78 is 16.3. The number of hydrogen-bond acceptors (Lipinski definition) is 4. The molecular formula is C25H27N2O4+. The van der Waals surface area contributed by atoms with E-state index in [0.29, 0.717) is 18.0 Å². The first-order valence-electron chi connectivity index (χ1n) is 10.3. The Morgan fingerprint density at radius 1 is 1.06 bits per heavy atom. The number of nitrogens with one attached hydrogen (secondary N) is 2. The number of rotatable bonds is 7. The van der Waals surface area contributed by atoms with Crippen molar-refractivity contribution in [2.24, 2.45) is 0 Å². The monoisotopic (exact) mass is 419 g/mol. The number of hydrogen-bond donors (Lipinski definition) is 2. The van der Waals surface area contributed by atoms with E-state index in [2.05, 4.69) is 5.32 Å². The molecule has 1 unspecified atom stereocenters. The maximum Gasteiger partial charge on any atom is 0.287 e. The van der Waals surface area contributed by atoms with Crippen LogP contribution in [0.15, 0.2) is 66.7 Å². The summed E-state index contributed by atoms with van der Waals surface area (Å²) in [6, 6.07) is 21.1. The van der Waals surface area contributed by atoms with Crippen LogP contribution in [0.4, 0.5) is 5.69 Å². The van der Waals surface area contributed by atoms with E-state index in [9.17, 15) is 4.79 Å². The van der Waals surface area contributed by atoms with E-state index < -0.39 is 6.04 Å². The van der Waals surface area contributed by atoms with Crippen molar-refractivity contribution in [1.82, 2.24) is 0 Å². The number of benzene rings is 3. The van der Waals surface area contributed by atoms with Gasteiger partial charge in [-0.15, -0.1) is 0 Å². The Bertz CT molecular complexity index is 1070. The van der Waals surface area contributed by atoms with Crippen LogP contribution < -0.4 is 24.4 Å². The van der Waals surface area contributed by atoms with Gasteiger partial charge in [0.05, 0.1) is 19.8 Å². The SMILES string of the molecule is COc1ccc(C)cc1NC(=O)[C@H](c1ccccc1)[NH+](C)Cc1ccc2c(c1)OCO2. The zero-order valence-corrected chi connectivity index (χ0v) is 18.0. The van der Waals surface area contributed by atoms with Crippen molar-refractivity contribution in [2.45, 2.75) is 19.5 Å². The fourth-order valence-electron chi connectivity index (χ4n) is 3.90. The Morgan fingerprint density at radius 2 is 1.84 bits per heavy atom. The van der Waals surface area contributed by atoms with Gasteiger partial charge in [0.25, 0.3) is 5.91 Å². The molecule has 2 atom stereocenters. The maximum atomic E-state index is 13.5. The molecule has 0 radical (unpaired) electrons. The summed E-state index contributed by atoms with van der Waals surface area (Å²) in [7, 11) is 3.63. The lowest BCUT2D eigenvalue weighted by molar-refractivity contribution is -0.915. The molecule has 6 nitrogen and oxygen atoms in total. The van der Waals surface area contributed by atoms with Crippen molar-refractivity contribution >= 4 is 11.6 Å². The molecule has 0 saturated heterocycles. The molecule has 1 aliphatic heterocycles. The van der Waals surface area contributed by atoms with Crippen LogP contribution in [0.2, 0.25) is 0 Å². The second kappa shape index (κ2) is 9.10. The van der Waals surface area contributed by atoms with E-state index >= 15 is 0 Å². The van der Waals surface area contributed by atoms with Crippen LogP contribution >= 0.6 is 0 Å². The molecule has 0 spiro atoms. The van der Waals surface area contributed by atoms with Crippen molar-refractivity contribution in [1.29, 1.82) is 0 Å². The van der Waals surface area contributed by atoms with Crippen LogP contribution in [0.1, 0.15) is 22.7 Å². The van der Waals surface area contributed by atoms with Crippen LogP contribution in [0, 0.1) is 6.92 Å². The standard InChI is InChI=1S/C25H26N2O4/c1-17-9-11-21(29-3)20(13-17)26-25(28)24(19-7-5-4-6-8-19)27(2)15-18-10-12-22-23(14-18)31-16-30-22/h4-14,24H,15-16H2,1-3H3,(H,26,28)/p+1/t24-/m0/s1. The second-order valence-electron chi connectivity index (χ2n) is 7.75. The highest BCUT2D eigenvalue weighted by atomic mass is 16.7. The van der Waals surface area contributed by atoms with Crippen molar-refractivity contribution in [3.8, 4) is 17.2 Å². The van der Waals surface area contributed by atoms with Gasteiger partial charge in [-0.3, -0.25) is 4.79 Å². The van der Waals surface area contributed by atoms with Gasteiger partial charge in [-0.2, -0.15) is 0 Å². The molecule has 0 fully saturated rings. The van der Waals surface area contributed by atoms with E-state index in [4.69, 9.17) is 14.2 Å². The number of anilines is 1. The van der Waals surface area contributed by atoms with Gasteiger partial charge in [-0.25, -0.2) is 0 Å². The average Bonchev–Trinajstić information content (AvgIpc) is 3.23. The van der Waals surface area contributed by atoms with Crippen LogP contribution in [-0.4, -0.2) is 26.9 Å². The highest BCUT2D eigenvalue weighted by Gasteiger charge is 2.30. The van der Waals surface area contributed by atoms with Gasteiger partial charge in [-0.05, 0) is 42.8 Å². The number of carbonyl (C=O) groups excluding carboxylic acids is 1. The van der Waals surface area contributed by atoms with Crippen molar-refractivity contribution in [3.05, 3.63) is 83.4 Å². The molecule has 3 aromatic rings. The lowest BCUT2D eigenvalue weighted by atomic mass is 10.0. The first kappa shape index (κ1) is 20.8. The predicted molar refractivity (Wildman–Crippen MR) is 119 cm³/mol. The van der Waals surface area contributed by atoms with Gasteiger partial charge in [0, 0.05) is 11.1 Å².